The van der Waals surface area contributed by atoms with E-state index in [-0.39, 0.29) is 24.7 Å². The Bertz CT molecular complexity index is 537. The Labute approximate surface area is 136 Å². The molecule has 3 N–H and O–H groups in total. The lowest BCUT2D eigenvalue weighted by Gasteiger charge is -2.36. The molecule has 1 saturated heterocycles. The summed E-state index contributed by atoms with van der Waals surface area (Å²) in [5.41, 5.74) is 1.78. The zero-order valence-corrected chi connectivity index (χ0v) is 13.8. The number of ether oxygens (including phenoxy) is 1. The molecular weight excluding hydrogens is 296 g/mol. The predicted octanol–water partition coefficient (Wildman–Crippen LogP) is 1.17. The Balaban J connectivity index is 1.89. The average Bonchev–Trinajstić information content (AvgIpc) is 2.52. The van der Waals surface area contributed by atoms with E-state index in [1.807, 2.05) is 24.3 Å². The summed E-state index contributed by atoms with van der Waals surface area (Å²) in [6.07, 6.45) is 0.402. The van der Waals surface area contributed by atoms with Crippen LogP contribution in [0.25, 0.3) is 0 Å². The van der Waals surface area contributed by atoms with Crippen LogP contribution in [-0.4, -0.2) is 50.8 Å². The number of benzene rings is 1. The van der Waals surface area contributed by atoms with Gasteiger partial charge in [0.2, 0.25) is 5.91 Å². The number of anilines is 2. The van der Waals surface area contributed by atoms with E-state index in [4.69, 9.17) is 4.74 Å². The molecule has 23 heavy (non-hydrogen) atoms. The molecule has 1 aromatic carbocycles. The second-order valence-corrected chi connectivity index (χ2v) is 5.69. The van der Waals surface area contributed by atoms with Crippen LogP contribution >= 0.6 is 0 Å². The molecule has 1 fully saturated rings. The highest BCUT2D eigenvalue weighted by Crippen LogP contribution is 2.22. The highest BCUT2D eigenvalue weighted by Gasteiger charge is 2.22. The van der Waals surface area contributed by atoms with Crippen LogP contribution in [0.4, 0.5) is 16.2 Å². The van der Waals surface area contributed by atoms with Crippen molar-refractivity contribution in [1.29, 1.82) is 0 Å². The fourth-order valence-corrected chi connectivity index (χ4v) is 2.57. The quantitative estimate of drug-likeness (QED) is 0.778. The minimum atomic E-state index is -0.407. The second kappa shape index (κ2) is 7.82. The maximum atomic E-state index is 11.7. The van der Waals surface area contributed by atoms with Crippen molar-refractivity contribution >= 4 is 23.3 Å². The second-order valence-electron chi connectivity index (χ2n) is 5.69. The van der Waals surface area contributed by atoms with Crippen LogP contribution in [-0.2, 0) is 9.53 Å². The SMILES string of the molecule is CNC(=O)CNC(=O)Nc1ccc(N2CC(C)OC(C)C2)cc1. The van der Waals surface area contributed by atoms with Gasteiger partial charge in [-0.15, -0.1) is 0 Å². The minimum Gasteiger partial charge on any atom is -0.372 e. The zero-order chi connectivity index (χ0) is 16.8. The molecule has 1 aliphatic rings. The average molecular weight is 320 g/mol. The molecule has 0 saturated carbocycles. The summed E-state index contributed by atoms with van der Waals surface area (Å²) in [7, 11) is 1.52. The number of hydrogen-bond acceptors (Lipinski definition) is 4. The van der Waals surface area contributed by atoms with Gasteiger partial charge in [-0.2, -0.15) is 0 Å². The molecular formula is C16H24N4O3. The third-order valence-corrected chi connectivity index (χ3v) is 3.60. The van der Waals surface area contributed by atoms with Crippen molar-refractivity contribution in [1.82, 2.24) is 10.6 Å². The lowest BCUT2D eigenvalue weighted by atomic mass is 10.2. The summed E-state index contributed by atoms with van der Waals surface area (Å²) in [6.45, 7) is 5.78. The molecule has 0 aliphatic carbocycles. The summed E-state index contributed by atoms with van der Waals surface area (Å²) in [6, 6.07) is 7.23. The van der Waals surface area contributed by atoms with E-state index >= 15 is 0 Å². The monoisotopic (exact) mass is 320 g/mol. The van der Waals surface area contributed by atoms with Gasteiger partial charge in [-0.05, 0) is 38.1 Å². The van der Waals surface area contributed by atoms with Crippen molar-refractivity contribution in [2.24, 2.45) is 0 Å². The number of rotatable bonds is 4. The van der Waals surface area contributed by atoms with Crippen LogP contribution in [0.2, 0.25) is 0 Å². The number of nitrogens with one attached hydrogen (secondary N) is 3. The Morgan fingerprint density at radius 1 is 1.17 bits per heavy atom. The number of nitrogens with zero attached hydrogens (tertiary/aromatic N) is 1. The standard InChI is InChI=1S/C16H24N4O3/c1-11-9-20(10-12(2)23-11)14-6-4-13(5-7-14)19-16(22)18-8-15(21)17-3/h4-7,11-12H,8-10H2,1-3H3,(H,17,21)(H2,18,19,22). The molecule has 3 amide bonds. The van der Waals surface area contributed by atoms with Crippen LogP contribution < -0.4 is 20.9 Å². The van der Waals surface area contributed by atoms with E-state index in [1.165, 1.54) is 7.05 Å². The van der Waals surface area contributed by atoms with E-state index in [2.05, 4.69) is 34.7 Å². The van der Waals surface area contributed by atoms with Gasteiger partial charge >= 0.3 is 6.03 Å². The van der Waals surface area contributed by atoms with E-state index in [9.17, 15) is 9.59 Å². The van der Waals surface area contributed by atoms with Crippen molar-refractivity contribution in [2.75, 3.05) is 36.9 Å². The Hall–Kier alpha value is -2.28. The first kappa shape index (κ1) is 17.1. The predicted molar refractivity (Wildman–Crippen MR) is 89.8 cm³/mol. The van der Waals surface area contributed by atoms with Gasteiger partial charge in [0.15, 0.2) is 0 Å². The number of urea groups is 1. The maximum absolute atomic E-state index is 11.7. The Morgan fingerprint density at radius 2 is 1.78 bits per heavy atom. The molecule has 7 heteroatoms. The summed E-state index contributed by atoms with van der Waals surface area (Å²) in [5.74, 6) is -0.244. The van der Waals surface area contributed by atoms with Gasteiger partial charge in [-0.3, -0.25) is 4.79 Å². The van der Waals surface area contributed by atoms with Crippen molar-refractivity contribution in [2.45, 2.75) is 26.1 Å². The van der Waals surface area contributed by atoms with Crippen molar-refractivity contribution in [3.63, 3.8) is 0 Å². The van der Waals surface area contributed by atoms with Gasteiger partial charge in [-0.1, -0.05) is 0 Å². The summed E-state index contributed by atoms with van der Waals surface area (Å²) >= 11 is 0. The first-order valence-corrected chi connectivity index (χ1v) is 7.74. The third-order valence-electron chi connectivity index (χ3n) is 3.60. The summed E-state index contributed by atoms with van der Waals surface area (Å²) < 4.78 is 5.73. The van der Waals surface area contributed by atoms with Crippen LogP contribution in [0.3, 0.4) is 0 Å². The summed E-state index contributed by atoms with van der Waals surface area (Å²) in [5, 5.41) is 7.62. The Kier molecular flexibility index (Phi) is 5.81. The van der Waals surface area contributed by atoms with Crippen molar-refractivity contribution in [3.05, 3.63) is 24.3 Å². The van der Waals surface area contributed by atoms with Gasteiger partial charge in [0.05, 0.1) is 18.8 Å². The number of hydrogen-bond donors (Lipinski definition) is 3. The lowest BCUT2D eigenvalue weighted by molar-refractivity contribution is -0.119. The highest BCUT2D eigenvalue weighted by atomic mass is 16.5. The van der Waals surface area contributed by atoms with Gasteiger partial charge in [0, 0.05) is 31.5 Å². The number of carbonyl (C=O) groups excluding carboxylic acids is 2. The molecule has 2 atom stereocenters. The van der Waals surface area contributed by atoms with Crippen LogP contribution in [0, 0.1) is 0 Å². The first-order valence-electron chi connectivity index (χ1n) is 7.74. The van der Waals surface area contributed by atoms with Gasteiger partial charge in [0.1, 0.15) is 0 Å². The van der Waals surface area contributed by atoms with Gasteiger partial charge in [0.25, 0.3) is 0 Å². The van der Waals surface area contributed by atoms with E-state index in [0.717, 1.165) is 18.8 Å². The first-order chi connectivity index (χ1) is 11.0. The van der Waals surface area contributed by atoms with Crippen molar-refractivity contribution < 1.29 is 14.3 Å². The molecule has 7 nitrogen and oxygen atoms in total. The Morgan fingerprint density at radius 3 is 2.35 bits per heavy atom. The molecule has 1 aliphatic heterocycles. The maximum Gasteiger partial charge on any atom is 0.319 e. The normalized spacial score (nSPS) is 20.7. The molecule has 1 heterocycles. The molecule has 2 unspecified atom stereocenters. The number of amides is 3. The molecule has 0 aromatic heterocycles. The summed E-state index contributed by atoms with van der Waals surface area (Å²) in [4.78, 5) is 25.0. The number of likely N-dealkylation sites (N-methyl/N-ethyl adjacent to an activating group) is 1. The largest absolute Gasteiger partial charge is 0.372 e. The van der Waals surface area contributed by atoms with Crippen LogP contribution in [0.15, 0.2) is 24.3 Å². The third kappa shape index (κ3) is 5.14. The van der Waals surface area contributed by atoms with Crippen molar-refractivity contribution in [3.8, 4) is 0 Å². The fraction of sp³-hybridized carbons (Fsp3) is 0.500. The molecule has 0 spiro atoms. The molecule has 0 bridgehead atoms. The zero-order valence-electron chi connectivity index (χ0n) is 13.8. The molecule has 0 radical (unpaired) electrons. The van der Waals surface area contributed by atoms with E-state index in [1.54, 1.807) is 0 Å². The minimum absolute atomic E-state index is 0.0516. The van der Waals surface area contributed by atoms with E-state index < -0.39 is 6.03 Å². The lowest BCUT2D eigenvalue weighted by Crippen LogP contribution is -2.45. The van der Waals surface area contributed by atoms with E-state index in [0.29, 0.717) is 5.69 Å². The van der Waals surface area contributed by atoms with Gasteiger partial charge < -0.3 is 25.6 Å². The molecule has 1 aromatic rings. The number of carbonyl (C=O) groups is 2. The van der Waals surface area contributed by atoms with Gasteiger partial charge in [-0.25, -0.2) is 4.79 Å². The molecule has 126 valence electrons. The smallest absolute Gasteiger partial charge is 0.319 e. The topological polar surface area (TPSA) is 82.7 Å². The fourth-order valence-electron chi connectivity index (χ4n) is 2.57. The number of morpholine rings is 1. The molecule has 2 rings (SSSR count). The van der Waals surface area contributed by atoms with Crippen LogP contribution in [0.5, 0.6) is 0 Å². The highest BCUT2D eigenvalue weighted by molar-refractivity contribution is 5.92. The van der Waals surface area contributed by atoms with Crippen LogP contribution in [0.1, 0.15) is 13.8 Å².